The Balaban J connectivity index is 2.02. The lowest BCUT2D eigenvalue weighted by molar-refractivity contribution is 0.0613. The van der Waals surface area contributed by atoms with Crippen molar-refractivity contribution in [2.24, 2.45) is 11.7 Å². The van der Waals surface area contributed by atoms with Crippen molar-refractivity contribution in [3.05, 3.63) is 35.4 Å². The van der Waals surface area contributed by atoms with Gasteiger partial charge in [0.25, 0.3) is 5.91 Å². The van der Waals surface area contributed by atoms with Crippen molar-refractivity contribution >= 4 is 11.8 Å². The van der Waals surface area contributed by atoms with Gasteiger partial charge in [0.2, 0.25) is 5.91 Å². The summed E-state index contributed by atoms with van der Waals surface area (Å²) in [6.07, 6.45) is 1.91. The first kappa shape index (κ1) is 14.5. The van der Waals surface area contributed by atoms with Gasteiger partial charge in [0, 0.05) is 37.9 Å². The van der Waals surface area contributed by atoms with E-state index >= 15 is 0 Å². The number of ether oxygens (including phenoxy) is 1. The molecule has 1 fully saturated rings. The van der Waals surface area contributed by atoms with E-state index in [0.717, 1.165) is 32.5 Å². The van der Waals surface area contributed by atoms with Crippen LogP contribution in [0.3, 0.4) is 0 Å². The molecule has 20 heavy (non-hydrogen) atoms. The van der Waals surface area contributed by atoms with Crippen molar-refractivity contribution in [3.8, 4) is 0 Å². The Kier molecular flexibility index (Phi) is 4.74. The number of carbonyl (C=O) groups excluding carboxylic acids is 2. The second-order valence-electron chi connectivity index (χ2n) is 5.14. The first-order chi connectivity index (χ1) is 9.61. The van der Waals surface area contributed by atoms with E-state index in [0.29, 0.717) is 17.0 Å². The second-order valence-corrected chi connectivity index (χ2v) is 5.14. The zero-order chi connectivity index (χ0) is 14.5. The predicted octanol–water partition coefficient (Wildman–Crippen LogP) is 1.28. The van der Waals surface area contributed by atoms with Crippen LogP contribution in [0.2, 0.25) is 0 Å². The Hall–Kier alpha value is -1.88. The molecule has 0 atom stereocenters. The van der Waals surface area contributed by atoms with Crippen LogP contribution >= 0.6 is 0 Å². The standard InChI is InChI=1S/C15H20N2O3/c1-20-10-11-5-7-17(8-6-11)15(19)13-4-2-3-12(9-13)14(16)18/h2-4,9,11H,5-8,10H2,1H3,(H2,16,18). The molecule has 1 aliphatic heterocycles. The topological polar surface area (TPSA) is 72.6 Å². The van der Waals surface area contributed by atoms with E-state index in [1.807, 2.05) is 4.90 Å². The zero-order valence-electron chi connectivity index (χ0n) is 11.7. The van der Waals surface area contributed by atoms with Gasteiger partial charge in [-0.15, -0.1) is 0 Å². The molecule has 0 aliphatic carbocycles. The van der Waals surface area contributed by atoms with Gasteiger partial charge in [-0.3, -0.25) is 9.59 Å². The van der Waals surface area contributed by atoms with Crippen LogP contribution in [0.1, 0.15) is 33.6 Å². The van der Waals surface area contributed by atoms with Crippen molar-refractivity contribution in [1.29, 1.82) is 0 Å². The molecule has 2 rings (SSSR count). The normalized spacial score (nSPS) is 16.1. The summed E-state index contributed by atoms with van der Waals surface area (Å²) in [6, 6.07) is 6.58. The molecule has 1 aliphatic rings. The first-order valence-electron chi connectivity index (χ1n) is 6.80. The van der Waals surface area contributed by atoms with Gasteiger partial charge in [-0.1, -0.05) is 6.07 Å². The molecule has 0 aromatic heterocycles. The van der Waals surface area contributed by atoms with E-state index < -0.39 is 5.91 Å². The molecule has 2 amide bonds. The molecule has 2 N–H and O–H groups in total. The fourth-order valence-corrected chi connectivity index (χ4v) is 2.53. The zero-order valence-corrected chi connectivity index (χ0v) is 11.7. The van der Waals surface area contributed by atoms with Crippen LogP contribution in [-0.2, 0) is 4.74 Å². The number of amides is 2. The predicted molar refractivity (Wildman–Crippen MR) is 75.5 cm³/mol. The first-order valence-corrected chi connectivity index (χ1v) is 6.80. The van der Waals surface area contributed by atoms with Crippen LogP contribution in [-0.4, -0.2) is 43.5 Å². The molecule has 5 nitrogen and oxygen atoms in total. The van der Waals surface area contributed by atoms with Gasteiger partial charge < -0.3 is 15.4 Å². The van der Waals surface area contributed by atoms with E-state index in [-0.39, 0.29) is 5.91 Å². The lowest BCUT2D eigenvalue weighted by Crippen LogP contribution is -2.39. The van der Waals surface area contributed by atoms with Crippen LogP contribution in [0.25, 0.3) is 0 Å². The van der Waals surface area contributed by atoms with Crippen LogP contribution in [0.4, 0.5) is 0 Å². The van der Waals surface area contributed by atoms with Crippen molar-refractivity contribution in [1.82, 2.24) is 4.90 Å². The number of likely N-dealkylation sites (tertiary alicyclic amines) is 1. The van der Waals surface area contributed by atoms with E-state index in [2.05, 4.69) is 0 Å². The molecule has 0 radical (unpaired) electrons. The summed E-state index contributed by atoms with van der Waals surface area (Å²) in [5.41, 5.74) is 6.12. The number of rotatable bonds is 4. The number of methoxy groups -OCH3 is 1. The minimum absolute atomic E-state index is 0.0380. The monoisotopic (exact) mass is 276 g/mol. The van der Waals surface area contributed by atoms with Crippen molar-refractivity contribution < 1.29 is 14.3 Å². The highest BCUT2D eigenvalue weighted by Gasteiger charge is 2.23. The third-order valence-electron chi connectivity index (χ3n) is 3.70. The van der Waals surface area contributed by atoms with Crippen molar-refractivity contribution in [3.63, 3.8) is 0 Å². The fraction of sp³-hybridized carbons (Fsp3) is 0.467. The maximum absolute atomic E-state index is 12.4. The van der Waals surface area contributed by atoms with E-state index in [1.54, 1.807) is 31.4 Å². The Morgan fingerprint density at radius 2 is 1.95 bits per heavy atom. The minimum Gasteiger partial charge on any atom is -0.384 e. The highest BCUT2D eigenvalue weighted by molar-refractivity contribution is 5.99. The summed E-state index contributed by atoms with van der Waals surface area (Å²) >= 11 is 0. The largest absolute Gasteiger partial charge is 0.384 e. The highest BCUT2D eigenvalue weighted by atomic mass is 16.5. The smallest absolute Gasteiger partial charge is 0.253 e. The molecule has 0 spiro atoms. The average molecular weight is 276 g/mol. The van der Waals surface area contributed by atoms with Crippen molar-refractivity contribution in [2.75, 3.05) is 26.8 Å². The molecule has 0 saturated carbocycles. The number of piperidine rings is 1. The molecule has 0 bridgehead atoms. The number of carbonyl (C=O) groups is 2. The number of primary amides is 1. The summed E-state index contributed by atoms with van der Waals surface area (Å²) in [4.78, 5) is 25.4. The van der Waals surface area contributed by atoms with Gasteiger partial charge in [0.1, 0.15) is 0 Å². The Morgan fingerprint density at radius 3 is 2.55 bits per heavy atom. The third kappa shape index (κ3) is 3.36. The van der Waals surface area contributed by atoms with E-state index in [4.69, 9.17) is 10.5 Å². The SMILES string of the molecule is COCC1CCN(C(=O)c2cccc(C(N)=O)c2)CC1. The Bertz CT molecular complexity index is 494. The number of hydrogen-bond acceptors (Lipinski definition) is 3. The highest BCUT2D eigenvalue weighted by Crippen LogP contribution is 2.19. The molecule has 108 valence electrons. The van der Waals surface area contributed by atoms with E-state index in [9.17, 15) is 9.59 Å². The van der Waals surface area contributed by atoms with Gasteiger partial charge in [-0.2, -0.15) is 0 Å². The van der Waals surface area contributed by atoms with Crippen LogP contribution in [0.15, 0.2) is 24.3 Å². The summed E-state index contributed by atoms with van der Waals surface area (Å²) in [5.74, 6) is -0.0246. The Labute approximate surface area is 118 Å². The number of benzene rings is 1. The average Bonchev–Trinajstić information content (AvgIpc) is 2.48. The molecule has 1 saturated heterocycles. The Morgan fingerprint density at radius 1 is 1.30 bits per heavy atom. The van der Waals surface area contributed by atoms with Gasteiger partial charge in [0.15, 0.2) is 0 Å². The molecule has 5 heteroatoms. The molecule has 1 heterocycles. The van der Waals surface area contributed by atoms with Crippen LogP contribution < -0.4 is 5.73 Å². The summed E-state index contributed by atoms with van der Waals surface area (Å²) in [5, 5.41) is 0. The lowest BCUT2D eigenvalue weighted by Gasteiger charge is -2.31. The molecular weight excluding hydrogens is 256 g/mol. The molecule has 1 aromatic carbocycles. The molecule has 0 unspecified atom stereocenters. The fourth-order valence-electron chi connectivity index (χ4n) is 2.53. The third-order valence-corrected chi connectivity index (χ3v) is 3.70. The maximum atomic E-state index is 12.4. The second kappa shape index (κ2) is 6.52. The number of nitrogens with zero attached hydrogens (tertiary/aromatic N) is 1. The lowest BCUT2D eigenvalue weighted by atomic mass is 9.97. The van der Waals surface area contributed by atoms with Crippen LogP contribution in [0, 0.1) is 5.92 Å². The summed E-state index contributed by atoms with van der Waals surface area (Å²) < 4.78 is 5.15. The maximum Gasteiger partial charge on any atom is 0.253 e. The molecular formula is C15H20N2O3. The molecule has 1 aromatic rings. The van der Waals surface area contributed by atoms with Crippen LogP contribution in [0.5, 0.6) is 0 Å². The summed E-state index contributed by atoms with van der Waals surface area (Å²) in [6.45, 7) is 2.21. The quantitative estimate of drug-likeness (QED) is 0.900. The van der Waals surface area contributed by atoms with E-state index in [1.165, 1.54) is 0 Å². The van der Waals surface area contributed by atoms with Gasteiger partial charge in [-0.25, -0.2) is 0 Å². The van der Waals surface area contributed by atoms with Crippen molar-refractivity contribution in [2.45, 2.75) is 12.8 Å². The van der Waals surface area contributed by atoms with Gasteiger partial charge >= 0.3 is 0 Å². The number of nitrogens with two attached hydrogens (primary N) is 1. The number of hydrogen-bond donors (Lipinski definition) is 1. The van der Waals surface area contributed by atoms with Gasteiger partial charge in [0.05, 0.1) is 0 Å². The van der Waals surface area contributed by atoms with Gasteiger partial charge in [-0.05, 0) is 37.0 Å². The summed E-state index contributed by atoms with van der Waals surface area (Å²) in [7, 11) is 1.70. The minimum atomic E-state index is -0.515.